The van der Waals surface area contributed by atoms with Gasteiger partial charge in [-0.05, 0) is 37.5 Å². The zero-order chi connectivity index (χ0) is 8.97. The van der Waals surface area contributed by atoms with Crippen LogP contribution >= 0.6 is 11.8 Å². The quantitative estimate of drug-likeness (QED) is 0.489. The Morgan fingerprint density at radius 2 is 2.00 bits per heavy atom. The fourth-order valence-corrected chi connectivity index (χ4v) is 2.24. The van der Waals surface area contributed by atoms with E-state index in [0.29, 0.717) is 0 Å². The van der Waals surface area contributed by atoms with Crippen LogP contribution < -0.4 is 0 Å². The van der Waals surface area contributed by atoms with E-state index in [9.17, 15) is 4.79 Å². The Morgan fingerprint density at radius 3 is 2.42 bits per heavy atom. The van der Waals surface area contributed by atoms with E-state index in [1.165, 1.54) is 37.3 Å². The van der Waals surface area contributed by atoms with Crippen LogP contribution in [-0.2, 0) is 9.53 Å². The van der Waals surface area contributed by atoms with Crippen molar-refractivity contribution in [1.82, 2.24) is 0 Å². The zero-order valence-electron chi connectivity index (χ0n) is 7.55. The maximum Gasteiger partial charge on any atom is 0.344 e. The molecule has 0 aliphatic heterocycles. The molecule has 1 rings (SSSR count). The maximum atomic E-state index is 11.2. The van der Waals surface area contributed by atoms with Crippen molar-refractivity contribution in [2.24, 2.45) is 0 Å². The number of rotatable bonds is 2. The first-order chi connectivity index (χ1) is 5.79. The molecule has 0 radical (unpaired) electrons. The second-order valence-corrected chi connectivity index (χ2v) is 3.65. The smallest absolute Gasteiger partial charge is 0.344 e. The molecule has 12 heavy (non-hydrogen) atoms. The Morgan fingerprint density at radius 1 is 1.42 bits per heavy atom. The molecule has 0 aromatic rings. The van der Waals surface area contributed by atoms with Gasteiger partial charge in [-0.25, -0.2) is 4.79 Å². The normalized spacial score (nSPS) is 16.3. The summed E-state index contributed by atoms with van der Waals surface area (Å²) in [6, 6.07) is 0. The highest BCUT2D eigenvalue weighted by molar-refractivity contribution is 8.03. The highest BCUT2D eigenvalue weighted by Crippen LogP contribution is 2.31. The molecule has 0 aromatic carbocycles. The first kappa shape index (κ1) is 9.65. The van der Waals surface area contributed by atoms with Crippen LogP contribution in [0, 0.1) is 0 Å². The third-order valence-corrected chi connectivity index (χ3v) is 2.97. The fraction of sp³-hybridized carbons (Fsp3) is 0.667. The van der Waals surface area contributed by atoms with Crippen molar-refractivity contribution in [3.63, 3.8) is 0 Å². The molecular weight excluding hydrogens is 172 g/mol. The highest BCUT2D eigenvalue weighted by atomic mass is 32.2. The van der Waals surface area contributed by atoms with Gasteiger partial charge in [-0.1, -0.05) is 0 Å². The van der Waals surface area contributed by atoms with Gasteiger partial charge >= 0.3 is 5.97 Å². The summed E-state index contributed by atoms with van der Waals surface area (Å²) in [6.45, 7) is 0. The lowest BCUT2D eigenvalue weighted by atomic mass is 10.2. The van der Waals surface area contributed by atoms with Gasteiger partial charge in [0.2, 0.25) is 0 Å². The van der Waals surface area contributed by atoms with Crippen LogP contribution in [0.3, 0.4) is 0 Å². The molecule has 0 aromatic heterocycles. The number of carbonyl (C=O) groups excluding carboxylic acids is 1. The van der Waals surface area contributed by atoms with Gasteiger partial charge in [0.05, 0.1) is 12.0 Å². The summed E-state index contributed by atoms with van der Waals surface area (Å²) >= 11 is 1.50. The van der Waals surface area contributed by atoms with Crippen LogP contribution in [0.2, 0.25) is 0 Å². The number of thioether (sulfide) groups is 1. The summed E-state index contributed by atoms with van der Waals surface area (Å²) in [5.41, 5.74) is 1.29. The molecule has 0 N–H and O–H groups in total. The molecule has 1 saturated carbocycles. The Balaban J connectivity index is 2.77. The third kappa shape index (κ3) is 2.03. The van der Waals surface area contributed by atoms with Crippen molar-refractivity contribution in [1.29, 1.82) is 0 Å². The van der Waals surface area contributed by atoms with E-state index in [4.69, 9.17) is 4.74 Å². The van der Waals surface area contributed by atoms with Gasteiger partial charge in [0.15, 0.2) is 0 Å². The Kier molecular flexibility index (Phi) is 3.66. The molecule has 1 aliphatic rings. The van der Waals surface area contributed by atoms with Gasteiger partial charge in [-0.15, -0.1) is 11.8 Å². The molecule has 2 nitrogen and oxygen atoms in total. The minimum absolute atomic E-state index is 0.167. The molecular formula is C9H14O2S. The number of carbonyl (C=O) groups is 1. The van der Waals surface area contributed by atoms with E-state index < -0.39 is 0 Å². The molecule has 1 fully saturated rings. The van der Waals surface area contributed by atoms with E-state index in [1.54, 1.807) is 0 Å². The van der Waals surface area contributed by atoms with Crippen molar-refractivity contribution in [2.75, 3.05) is 13.4 Å². The monoisotopic (exact) mass is 186 g/mol. The van der Waals surface area contributed by atoms with E-state index in [1.807, 2.05) is 6.26 Å². The van der Waals surface area contributed by atoms with Gasteiger partial charge in [-0.3, -0.25) is 0 Å². The highest BCUT2D eigenvalue weighted by Gasteiger charge is 2.17. The van der Waals surface area contributed by atoms with Gasteiger partial charge in [-0.2, -0.15) is 0 Å². The second-order valence-electron chi connectivity index (χ2n) is 2.84. The number of ether oxygens (including phenoxy) is 1. The summed E-state index contributed by atoms with van der Waals surface area (Å²) in [5.74, 6) is -0.167. The molecule has 0 amide bonds. The van der Waals surface area contributed by atoms with Crippen molar-refractivity contribution in [2.45, 2.75) is 25.7 Å². The summed E-state index contributed by atoms with van der Waals surface area (Å²) in [5, 5.41) is 0. The maximum absolute atomic E-state index is 11.2. The molecule has 0 atom stereocenters. The molecule has 1 aliphatic carbocycles. The molecule has 0 heterocycles. The van der Waals surface area contributed by atoms with Crippen LogP contribution in [0.15, 0.2) is 10.5 Å². The average Bonchev–Trinajstić information content (AvgIpc) is 2.58. The predicted molar refractivity (Wildman–Crippen MR) is 51.0 cm³/mol. The molecule has 0 saturated heterocycles. The second kappa shape index (κ2) is 4.55. The van der Waals surface area contributed by atoms with Crippen LogP contribution in [0.4, 0.5) is 0 Å². The number of esters is 1. The first-order valence-corrected chi connectivity index (χ1v) is 5.36. The van der Waals surface area contributed by atoms with E-state index >= 15 is 0 Å². The summed E-state index contributed by atoms with van der Waals surface area (Å²) in [6.07, 6.45) is 6.51. The Bertz CT molecular complexity index is 201. The van der Waals surface area contributed by atoms with Crippen molar-refractivity contribution >= 4 is 17.7 Å². The van der Waals surface area contributed by atoms with Crippen molar-refractivity contribution < 1.29 is 9.53 Å². The molecule has 0 spiro atoms. The Hall–Kier alpha value is -0.440. The summed E-state index contributed by atoms with van der Waals surface area (Å²) in [4.78, 5) is 12.1. The largest absolute Gasteiger partial charge is 0.465 e. The number of allylic oxidation sites excluding steroid dienone is 1. The van der Waals surface area contributed by atoms with Gasteiger partial charge in [0, 0.05) is 0 Å². The standard InChI is InChI=1S/C9H14O2S/c1-11-9(10)8(12-2)7-5-3-4-6-7/h3-6H2,1-2H3. The van der Waals surface area contributed by atoms with Gasteiger partial charge < -0.3 is 4.74 Å². The average molecular weight is 186 g/mol. The third-order valence-electron chi connectivity index (χ3n) is 2.10. The predicted octanol–water partition coefficient (Wildman–Crippen LogP) is 2.35. The summed E-state index contributed by atoms with van der Waals surface area (Å²) in [7, 11) is 1.44. The molecule has 0 bridgehead atoms. The number of hydrogen-bond donors (Lipinski definition) is 0. The van der Waals surface area contributed by atoms with E-state index in [-0.39, 0.29) is 5.97 Å². The molecule has 3 heteroatoms. The molecule has 68 valence electrons. The lowest BCUT2D eigenvalue weighted by Gasteiger charge is -2.05. The molecule has 0 unspecified atom stereocenters. The van der Waals surface area contributed by atoms with E-state index in [0.717, 1.165) is 17.7 Å². The van der Waals surface area contributed by atoms with Crippen LogP contribution in [0.1, 0.15) is 25.7 Å². The van der Waals surface area contributed by atoms with Crippen molar-refractivity contribution in [3.8, 4) is 0 Å². The topological polar surface area (TPSA) is 26.3 Å². The van der Waals surface area contributed by atoms with E-state index in [2.05, 4.69) is 0 Å². The Labute approximate surface area is 77.4 Å². The summed E-state index contributed by atoms with van der Waals surface area (Å²) < 4.78 is 4.70. The van der Waals surface area contributed by atoms with Crippen LogP contribution in [-0.4, -0.2) is 19.3 Å². The van der Waals surface area contributed by atoms with Gasteiger partial charge in [0.1, 0.15) is 0 Å². The lowest BCUT2D eigenvalue weighted by molar-refractivity contribution is -0.135. The van der Waals surface area contributed by atoms with Gasteiger partial charge in [0.25, 0.3) is 0 Å². The van der Waals surface area contributed by atoms with Crippen molar-refractivity contribution in [3.05, 3.63) is 10.5 Å². The number of methoxy groups -OCH3 is 1. The fourth-order valence-electron chi connectivity index (χ4n) is 1.49. The first-order valence-electron chi connectivity index (χ1n) is 4.14. The lowest BCUT2D eigenvalue weighted by Crippen LogP contribution is -2.03. The van der Waals surface area contributed by atoms with Crippen LogP contribution in [0.5, 0.6) is 0 Å². The van der Waals surface area contributed by atoms with Crippen LogP contribution in [0.25, 0.3) is 0 Å². The number of hydrogen-bond acceptors (Lipinski definition) is 3. The SMILES string of the molecule is COC(=O)C(SC)=C1CCCC1. The minimum atomic E-state index is -0.167. The minimum Gasteiger partial charge on any atom is -0.465 e. The zero-order valence-corrected chi connectivity index (χ0v) is 8.37.